The number of pyridine rings is 1. The minimum Gasteiger partial charge on any atom is -0.478 e. The first kappa shape index (κ1) is 13.1. The molecule has 0 amide bonds. The van der Waals surface area contributed by atoms with E-state index in [4.69, 9.17) is 5.11 Å². The molecule has 1 N–H and O–H groups in total. The Hall–Kier alpha value is -2.38. The molecule has 0 radical (unpaired) electrons. The van der Waals surface area contributed by atoms with Crippen LogP contribution in [0, 0.1) is 0 Å². The van der Waals surface area contributed by atoms with Crippen LogP contribution in [0.4, 0.5) is 13.2 Å². The van der Waals surface area contributed by atoms with Gasteiger partial charge in [0.2, 0.25) is 0 Å². The van der Waals surface area contributed by atoms with E-state index in [0.29, 0.717) is 10.5 Å². The number of hydrogen-bond acceptors (Lipinski definition) is 3. The molecule has 5 nitrogen and oxygen atoms in total. The number of hydrogen-bond donors (Lipinski definition) is 1. The molecule has 0 aliphatic carbocycles. The lowest BCUT2D eigenvalue weighted by atomic mass is 10.2. The Morgan fingerprint density at radius 1 is 1.37 bits per heavy atom. The topological polar surface area (TPSA) is 67.5 Å². The molecule has 0 saturated heterocycles. The summed E-state index contributed by atoms with van der Waals surface area (Å²) in [4.78, 5) is 11.0. The first-order chi connectivity index (χ1) is 8.86. The van der Waals surface area contributed by atoms with Crippen molar-refractivity contribution in [2.24, 2.45) is 0 Å². The fourth-order valence-corrected chi connectivity index (χ4v) is 1.66. The van der Waals surface area contributed by atoms with Gasteiger partial charge >= 0.3 is 12.1 Å². The van der Waals surface area contributed by atoms with Crippen molar-refractivity contribution in [2.45, 2.75) is 13.1 Å². The molecule has 2 heterocycles. The van der Waals surface area contributed by atoms with Gasteiger partial charge in [-0.1, -0.05) is 6.08 Å². The predicted molar refractivity (Wildman–Crippen MR) is 59.7 cm³/mol. The highest BCUT2D eigenvalue weighted by Crippen LogP contribution is 2.31. The third-order valence-corrected chi connectivity index (χ3v) is 2.41. The zero-order valence-corrected chi connectivity index (χ0v) is 9.64. The molecule has 0 bridgehead atoms. The van der Waals surface area contributed by atoms with Gasteiger partial charge in [-0.25, -0.2) is 4.79 Å². The maximum absolute atomic E-state index is 12.9. The largest absolute Gasteiger partial charge is 0.478 e. The van der Waals surface area contributed by atoms with Crippen molar-refractivity contribution in [2.75, 3.05) is 0 Å². The summed E-state index contributed by atoms with van der Waals surface area (Å²) >= 11 is 0. The fourth-order valence-electron chi connectivity index (χ4n) is 1.66. The second-order valence-corrected chi connectivity index (χ2v) is 3.65. The summed E-state index contributed by atoms with van der Waals surface area (Å²) in [6, 6.07) is 1.57. The molecule has 2 aromatic heterocycles. The Kier molecular flexibility index (Phi) is 3.01. The van der Waals surface area contributed by atoms with E-state index in [0.717, 1.165) is 6.07 Å². The number of nitrogens with zero attached hydrogens (tertiary/aromatic N) is 3. The quantitative estimate of drug-likeness (QED) is 0.911. The second kappa shape index (κ2) is 4.38. The summed E-state index contributed by atoms with van der Waals surface area (Å²) in [6.45, 7) is 1.61. The fraction of sp³-hybridized carbons (Fsp3) is 0.182. The summed E-state index contributed by atoms with van der Waals surface area (Å²) in [6.07, 6.45) is -1.82. The molecule has 2 aromatic rings. The second-order valence-electron chi connectivity index (χ2n) is 3.65. The van der Waals surface area contributed by atoms with E-state index in [1.54, 1.807) is 6.92 Å². The molecule has 0 saturated carbocycles. The summed E-state index contributed by atoms with van der Waals surface area (Å²) in [5.74, 6) is -1.44. The predicted octanol–water partition coefficient (Wildman–Crippen LogP) is 2.48. The van der Waals surface area contributed by atoms with Crippen LogP contribution < -0.4 is 0 Å². The summed E-state index contributed by atoms with van der Waals surface area (Å²) in [5, 5.41) is 16.0. The number of carboxylic acid groups (broad SMARTS) is 1. The van der Waals surface area contributed by atoms with Gasteiger partial charge in [0, 0.05) is 0 Å². The first-order valence-electron chi connectivity index (χ1n) is 5.17. The Balaban J connectivity index is 2.89. The zero-order chi connectivity index (χ0) is 14.2. The molecule has 19 heavy (non-hydrogen) atoms. The minimum absolute atomic E-state index is 0.0760. The Labute approximate surface area is 105 Å². The first-order valence-corrected chi connectivity index (χ1v) is 5.17. The number of carbonyl (C=O) groups is 1. The van der Waals surface area contributed by atoms with Crippen LogP contribution in [0.25, 0.3) is 11.7 Å². The van der Waals surface area contributed by atoms with Crippen molar-refractivity contribution in [3.63, 3.8) is 0 Å². The molecule has 0 atom stereocenters. The van der Waals surface area contributed by atoms with Crippen molar-refractivity contribution in [3.8, 4) is 0 Å². The molecule has 8 heteroatoms. The Morgan fingerprint density at radius 2 is 2.05 bits per heavy atom. The van der Waals surface area contributed by atoms with Gasteiger partial charge in [-0.3, -0.25) is 4.40 Å². The highest BCUT2D eigenvalue weighted by atomic mass is 19.4. The normalized spacial score (nSPS) is 12.4. The lowest BCUT2D eigenvalue weighted by Gasteiger charge is -2.10. The van der Waals surface area contributed by atoms with Crippen molar-refractivity contribution >= 4 is 17.7 Å². The molecule has 0 aliphatic rings. The standard InChI is InChI=1S/C11H8F3N3O2/c1-2-3-8-15-16-9-6(10(18)19)4-5-7(17(8)9)11(12,13)14/h2-5H,1H3,(H,18,19). The third-order valence-electron chi connectivity index (χ3n) is 2.41. The average Bonchev–Trinajstić information content (AvgIpc) is 2.71. The van der Waals surface area contributed by atoms with Gasteiger partial charge < -0.3 is 5.11 Å². The molecule has 0 aliphatic heterocycles. The van der Waals surface area contributed by atoms with Crippen molar-refractivity contribution < 1.29 is 23.1 Å². The van der Waals surface area contributed by atoms with Crippen LogP contribution in [-0.2, 0) is 6.18 Å². The number of halogens is 3. The van der Waals surface area contributed by atoms with Crippen LogP contribution in [0.5, 0.6) is 0 Å². The maximum atomic E-state index is 12.9. The van der Waals surface area contributed by atoms with Crippen LogP contribution in [0.1, 0.15) is 28.8 Å². The van der Waals surface area contributed by atoms with Crippen molar-refractivity contribution in [1.29, 1.82) is 0 Å². The van der Waals surface area contributed by atoms with Crippen LogP contribution >= 0.6 is 0 Å². The molecule has 100 valence electrons. The van der Waals surface area contributed by atoms with Gasteiger partial charge in [-0.2, -0.15) is 13.2 Å². The molecule has 0 unspecified atom stereocenters. The van der Waals surface area contributed by atoms with Crippen LogP contribution in [0.15, 0.2) is 18.2 Å². The Morgan fingerprint density at radius 3 is 2.58 bits per heavy atom. The highest BCUT2D eigenvalue weighted by Gasteiger charge is 2.35. The molecule has 2 rings (SSSR count). The number of aromatic nitrogens is 3. The Bertz CT molecular complexity index is 674. The smallest absolute Gasteiger partial charge is 0.431 e. The van der Waals surface area contributed by atoms with E-state index >= 15 is 0 Å². The van der Waals surface area contributed by atoms with Gasteiger partial charge in [-0.05, 0) is 25.1 Å². The summed E-state index contributed by atoms with van der Waals surface area (Å²) in [5.41, 5.74) is -1.70. The van der Waals surface area contributed by atoms with E-state index in [-0.39, 0.29) is 17.0 Å². The average molecular weight is 271 g/mol. The molecule has 0 spiro atoms. The molecule has 0 aromatic carbocycles. The van der Waals surface area contributed by atoms with Gasteiger partial charge in [-0.15, -0.1) is 10.2 Å². The van der Waals surface area contributed by atoms with E-state index in [9.17, 15) is 18.0 Å². The van der Waals surface area contributed by atoms with Gasteiger partial charge in [0.15, 0.2) is 11.5 Å². The molecular weight excluding hydrogens is 263 g/mol. The van der Waals surface area contributed by atoms with Crippen LogP contribution in [0.2, 0.25) is 0 Å². The number of allylic oxidation sites excluding steroid dienone is 1. The lowest BCUT2D eigenvalue weighted by Crippen LogP contribution is -2.14. The molecular formula is C11H8F3N3O2. The number of rotatable bonds is 2. The number of fused-ring (bicyclic) bond motifs is 1. The minimum atomic E-state index is -4.63. The number of aromatic carboxylic acids is 1. The van der Waals surface area contributed by atoms with Gasteiger partial charge in [0.1, 0.15) is 11.3 Å². The van der Waals surface area contributed by atoms with E-state index in [1.807, 2.05) is 0 Å². The number of alkyl halides is 3. The lowest BCUT2D eigenvalue weighted by molar-refractivity contribution is -0.142. The van der Waals surface area contributed by atoms with Crippen molar-refractivity contribution in [3.05, 3.63) is 35.3 Å². The van der Waals surface area contributed by atoms with Crippen LogP contribution in [0.3, 0.4) is 0 Å². The van der Waals surface area contributed by atoms with E-state index < -0.39 is 17.8 Å². The summed E-state index contributed by atoms with van der Waals surface area (Å²) in [7, 11) is 0. The van der Waals surface area contributed by atoms with Gasteiger partial charge in [0.05, 0.1) is 0 Å². The van der Waals surface area contributed by atoms with Crippen molar-refractivity contribution in [1.82, 2.24) is 14.6 Å². The van der Waals surface area contributed by atoms with E-state index in [2.05, 4.69) is 10.2 Å². The maximum Gasteiger partial charge on any atom is 0.431 e. The van der Waals surface area contributed by atoms with E-state index in [1.165, 1.54) is 12.2 Å². The van der Waals surface area contributed by atoms with Crippen LogP contribution in [-0.4, -0.2) is 25.7 Å². The summed E-state index contributed by atoms with van der Waals surface area (Å²) < 4.78 is 39.4. The highest BCUT2D eigenvalue weighted by molar-refractivity contribution is 5.94. The third kappa shape index (κ3) is 2.16. The van der Waals surface area contributed by atoms with Gasteiger partial charge in [0.25, 0.3) is 0 Å². The number of carboxylic acids is 1. The molecule has 0 fully saturated rings. The zero-order valence-electron chi connectivity index (χ0n) is 9.64. The monoisotopic (exact) mass is 271 g/mol. The SMILES string of the molecule is CC=Cc1nnc2c(C(=O)O)ccc(C(F)(F)F)n12.